The van der Waals surface area contributed by atoms with Crippen LogP contribution in [0.15, 0.2) is 73.1 Å². The molecule has 0 bridgehead atoms. The van der Waals surface area contributed by atoms with Crippen molar-refractivity contribution in [2.75, 3.05) is 16.8 Å². The van der Waals surface area contributed by atoms with Gasteiger partial charge in [0.05, 0.1) is 5.56 Å². The van der Waals surface area contributed by atoms with Gasteiger partial charge in [-0.2, -0.15) is 0 Å². The molecule has 0 spiro atoms. The molecule has 2 aliphatic rings. The Balaban J connectivity index is 1.27. The number of fused-ring (bicyclic) bond motifs is 1. The fraction of sp³-hybridized carbons (Fsp3) is 0.208. The molecular formula is C24H21N3O2. The Morgan fingerprint density at radius 2 is 1.90 bits per heavy atom. The number of carbonyl (C=O) groups is 2. The summed E-state index contributed by atoms with van der Waals surface area (Å²) in [5, 5.41) is 3.06. The van der Waals surface area contributed by atoms with Crippen LogP contribution < -0.4 is 10.2 Å². The largest absolute Gasteiger partial charge is 0.326 e. The van der Waals surface area contributed by atoms with Crippen molar-refractivity contribution in [3.05, 3.63) is 89.7 Å². The number of pyridine rings is 1. The van der Waals surface area contributed by atoms with Crippen LogP contribution in [0.1, 0.15) is 33.8 Å². The van der Waals surface area contributed by atoms with Crippen molar-refractivity contribution >= 4 is 23.2 Å². The second-order valence-corrected chi connectivity index (χ2v) is 7.64. The van der Waals surface area contributed by atoms with Gasteiger partial charge in [-0.15, -0.1) is 0 Å². The molecule has 5 nitrogen and oxygen atoms in total. The Kier molecular flexibility index (Phi) is 4.35. The van der Waals surface area contributed by atoms with Crippen molar-refractivity contribution < 1.29 is 9.59 Å². The van der Waals surface area contributed by atoms with Gasteiger partial charge in [-0.05, 0) is 60.2 Å². The zero-order chi connectivity index (χ0) is 19.8. The summed E-state index contributed by atoms with van der Waals surface area (Å²) in [7, 11) is 0. The maximum Gasteiger partial charge on any atom is 0.259 e. The van der Waals surface area contributed by atoms with Crippen LogP contribution in [-0.4, -0.2) is 23.3 Å². The van der Waals surface area contributed by atoms with E-state index in [1.165, 1.54) is 5.56 Å². The SMILES string of the molecule is O=C(Nc1ccc2c(c1)CCN2C(=O)c1cccnc1)C1CC1c1ccccc1. The highest BCUT2D eigenvalue weighted by Gasteiger charge is 2.43. The third-order valence-electron chi connectivity index (χ3n) is 5.75. The van der Waals surface area contributed by atoms with E-state index in [4.69, 9.17) is 0 Å². The average molecular weight is 383 g/mol. The van der Waals surface area contributed by atoms with Gasteiger partial charge >= 0.3 is 0 Å². The quantitative estimate of drug-likeness (QED) is 0.740. The second-order valence-electron chi connectivity index (χ2n) is 7.64. The molecule has 0 saturated heterocycles. The number of anilines is 2. The third kappa shape index (κ3) is 3.40. The molecule has 144 valence electrons. The van der Waals surface area contributed by atoms with E-state index < -0.39 is 0 Å². The standard InChI is InChI=1S/C24H21N3O2/c28-23(21-14-20(21)16-5-2-1-3-6-16)26-19-8-9-22-17(13-19)10-12-27(22)24(29)18-7-4-11-25-15-18/h1-9,11,13,15,20-21H,10,12,14H2,(H,26,28). The molecule has 2 heterocycles. The van der Waals surface area contributed by atoms with E-state index in [-0.39, 0.29) is 17.7 Å². The van der Waals surface area contributed by atoms with Crippen LogP contribution in [0.2, 0.25) is 0 Å². The molecule has 2 unspecified atom stereocenters. The average Bonchev–Trinajstić information content (AvgIpc) is 3.47. The number of nitrogens with zero attached hydrogens (tertiary/aromatic N) is 2. The number of carbonyl (C=O) groups excluding carboxylic acids is 2. The summed E-state index contributed by atoms with van der Waals surface area (Å²) < 4.78 is 0. The number of benzene rings is 2. The molecule has 2 atom stereocenters. The molecular weight excluding hydrogens is 362 g/mol. The summed E-state index contributed by atoms with van der Waals surface area (Å²) in [6, 6.07) is 19.5. The smallest absolute Gasteiger partial charge is 0.259 e. The molecule has 1 fully saturated rings. The highest BCUT2D eigenvalue weighted by molar-refractivity contribution is 6.07. The van der Waals surface area contributed by atoms with E-state index in [0.29, 0.717) is 18.0 Å². The molecule has 1 N–H and O–H groups in total. The summed E-state index contributed by atoms with van der Waals surface area (Å²) in [4.78, 5) is 31.2. The van der Waals surface area contributed by atoms with Crippen molar-refractivity contribution in [2.24, 2.45) is 5.92 Å². The van der Waals surface area contributed by atoms with Gasteiger partial charge in [0.25, 0.3) is 5.91 Å². The van der Waals surface area contributed by atoms with E-state index in [9.17, 15) is 9.59 Å². The van der Waals surface area contributed by atoms with Crippen molar-refractivity contribution in [1.29, 1.82) is 0 Å². The van der Waals surface area contributed by atoms with Crippen LogP contribution in [0.25, 0.3) is 0 Å². The first-order chi connectivity index (χ1) is 14.2. The van der Waals surface area contributed by atoms with E-state index in [2.05, 4.69) is 22.4 Å². The van der Waals surface area contributed by atoms with Gasteiger partial charge in [0.15, 0.2) is 0 Å². The number of aromatic nitrogens is 1. The summed E-state index contributed by atoms with van der Waals surface area (Å²) in [6.45, 7) is 0.638. The van der Waals surface area contributed by atoms with Crippen LogP contribution in [0, 0.1) is 5.92 Å². The maximum absolute atomic E-state index is 12.8. The number of hydrogen-bond acceptors (Lipinski definition) is 3. The first-order valence-electron chi connectivity index (χ1n) is 9.91. The van der Waals surface area contributed by atoms with Gasteiger partial charge in [-0.25, -0.2) is 0 Å². The lowest BCUT2D eigenvalue weighted by Gasteiger charge is -2.17. The number of rotatable bonds is 4. The molecule has 3 aromatic rings. The first kappa shape index (κ1) is 17.6. The van der Waals surface area contributed by atoms with Gasteiger partial charge in [-0.1, -0.05) is 30.3 Å². The van der Waals surface area contributed by atoms with E-state index in [1.54, 1.807) is 29.4 Å². The number of hydrogen-bond donors (Lipinski definition) is 1. The van der Waals surface area contributed by atoms with E-state index in [0.717, 1.165) is 29.8 Å². The van der Waals surface area contributed by atoms with Crippen molar-refractivity contribution in [1.82, 2.24) is 4.98 Å². The highest BCUT2D eigenvalue weighted by Crippen LogP contribution is 2.48. The van der Waals surface area contributed by atoms with Crippen LogP contribution in [-0.2, 0) is 11.2 Å². The van der Waals surface area contributed by atoms with Crippen LogP contribution in [0.3, 0.4) is 0 Å². The molecule has 5 rings (SSSR count). The molecule has 29 heavy (non-hydrogen) atoms. The van der Waals surface area contributed by atoms with Gasteiger partial charge in [0, 0.05) is 36.2 Å². The normalized spacial score (nSPS) is 19.5. The summed E-state index contributed by atoms with van der Waals surface area (Å²) in [5.74, 6) is 0.380. The fourth-order valence-electron chi connectivity index (χ4n) is 4.12. The number of amides is 2. The minimum Gasteiger partial charge on any atom is -0.326 e. The lowest BCUT2D eigenvalue weighted by molar-refractivity contribution is -0.117. The maximum atomic E-state index is 12.8. The molecule has 1 aliphatic heterocycles. The Bertz CT molecular complexity index is 1070. The van der Waals surface area contributed by atoms with E-state index in [1.807, 2.05) is 36.4 Å². The molecule has 0 radical (unpaired) electrons. The topological polar surface area (TPSA) is 62.3 Å². The van der Waals surface area contributed by atoms with Crippen molar-refractivity contribution in [3.8, 4) is 0 Å². The van der Waals surface area contributed by atoms with Crippen LogP contribution in [0.4, 0.5) is 11.4 Å². The highest BCUT2D eigenvalue weighted by atomic mass is 16.2. The predicted molar refractivity (Wildman–Crippen MR) is 112 cm³/mol. The van der Waals surface area contributed by atoms with Gasteiger partial charge in [0.1, 0.15) is 0 Å². The minimum atomic E-state index is -0.0441. The van der Waals surface area contributed by atoms with Crippen molar-refractivity contribution in [2.45, 2.75) is 18.8 Å². The molecule has 2 aromatic carbocycles. The Morgan fingerprint density at radius 1 is 1.03 bits per heavy atom. The third-order valence-corrected chi connectivity index (χ3v) is 5.75. The zero-order valence-electron chi connectivity index (χ0n) is 15.9. The molecule has 2 amide bonds. The van der Waals surface area contributed by atoms with Crippen LogP contribution in [0.5, 0.6) is 0 Å². The monoisotopic (exact) mass is 383 g/mol. The lowest BCUT2D eigenvalue weighted by atomic mass is 10.1. The van der Waals surface area contributed by atoms with Crippen molar-refractivity contribution in [3.63, 3.8) is 0 Å². The van der Waals surface area contributed by atoms with Gasteiger partial charge in [0.2, 0.25) is 5.91 Å². The van der Waals surface area contributed by atoms with Crippen LogP contribution >= 0.6 is 0 Å². The Morgan fingerprint density at radius 3 is 2.69 bits per heavy atom. The molecule has 1 saturated carbocycles. The van der Waals surface area contributed by atoms with Gasteiger partial charge < -0.3 is 10.2 Å². The summed E-state index contributed by atoms with van der Waals surface area (Å²) in [5.41, 5.74) is 4.59. The van der Waals surface area contributed by atoms with E-state index >= 15 is 0 Å². The summed E-state index contributed by atoms with van der Waals surface area (Å²) >= 11 is 0. The Labute approximate surface area is 169 Å². The number of nitrogens with one attached hydrogen (secondary N) is 1. The molecule has 5 heteroatoms. The second kappa shape index (κ2) is 7.17. The molecule has 1 aliphatic carbocycles. The summed E-state index contributed by atoms with van der Waals surface area (Å²) in [6.07, 6.45) is 4.93. The predicted octanol–water partition coefficient (Wildman–Crippen LogP) is 4.03. The lowest BCUT2D eigenvalue weighted by Crippen LogP contribution is -2.28. The zero-order valence-corrected chi connectivity index (χ0v) is 15.9. The molecule has 1 aromatic heterocycles. The Hall–Kier alpha value is -3.47. The first-order valence-corrected chi connectivity index (χ1v) is 9.91. The van der Waals surface area contributed by atoms with Gasteiger partial charge in [-0.3, -0.25) is 14.6 Å². The fourth-order valence-corrected chi connectivity index (χ4v) is 4.12. The minimum absolute atomic E-state index is 0.0364.